The molecule has 5 nitrogen and oxygen atoms in total. The van der Waals surface area contributed by atoms with Crippen LogP contribution < -0.4 is 5.43 Å². The molecule has 0 radical (unpaired) electrons. The molecule has 5 heteroatoms. The van der Waals surface area contributed by atoms with Crippen molar-refractivity contribution >= 4 is 17.5 Å². The summed E-state index contributed by atoms with van der Waals surface area (Å²) in [4.78, 5) is 24.7. The summed E-state index contributed by atoms with van der Waals surface area (Å²) in [6, 6.07) is 0. The molecule has 2 aliphatic rings. The van der Waals surface area contributed by atoms with Gasteiger partial charge in [-0.15, -0.1) is 6.42 Å². The van der Waals surface area contributed by atoms with Crippen LogP contribution in [-0.2, 0) is 9.59 Å². The zero-order chi connectivity index (χ0) is 12.3. The van der Waals surface area contributed by atoms with Gasteiger partial charge in [0.1, 0.15) is 5.71 Å². The van der Waals surface area contributed by atoms with E-state index in [4.69, 9.17) is 6.42 Å². The summed E-state index contributed by atoms with van der Waals surface area (Å²) < 4.78 is 0. The fraction of sp³-hybridized carbons (Fsp3) is 0.583. The monoisotopic (exact) mass is 233 g/mol. The molecule has 0 aromatic heterocycles. The Balaban J connectivity index is 1.99. The molecule has 90 valence electrons. The highest BCUT2D eigenvalue weighted by molar-refractivity contribution is 6.39. The summed E-state index contributed by atoms with van der Waals surface area (Å²) >= 11 is 0. The highest BCUT2D eigenvalue weighted by Gasteiger charge is 2.29. The Bertz CT molecular complexity index is 404. The van der Waals surface area contributed by atoms with Gasteiger partial charge < -0.3 is 4.90 Å². The molecule has 1 saturated carbocycles. The molecule has 1 aliphatic heterocycles. The number of carbonyl (C=O) groups is 2. The fourth-order valence-corrected chi connectivity index (χ4v) is 1.75. The molecule has 1 heterocycles. The quantitative estimate of drug-likeness (QED) is 0.701. The van der Waals surface area contributed by atoms with E-state index in [2.05, 4.69) is 16.4 Å². The van der Waals surface area contributed by atoms with Crippen molar-refractivity contribution in [3.05, 3.63) is 0 Å². The first kappa shape index (κ1) is 11.6. The van der Waals surface area contributed by atoms with E-state index in [0.29, 0.717) is 37.6 Å². The summed E-state index contributed by atoms with van der Waals surface area (Å²) in [6.45, 7) is 1.01. The summed E-state index contributed by atoms with van der Waals surface area (Å²) in [5.74, 6) is 2.79. The molecule has 0 saturated heterocycles. The van der Waals surface area contributed by atoms with Crippen molar-refractivity contribution in [1.29, 1.82) is 0 Å². The van der Waals surface area contributed by atoms with Crippen LogP contribution in [0.25, 0.3) is 0 Å². The van der Waals surface area contributed by atoms with Gasteiger partial charge in [-0.1, -0.05) is 5.92 Å². The van der Waals surface area contributed by atoms with E-state index in [-0.39, 0.29) is 11.8 Å². The van der Waals surface area contributed by atoms with E-state index in [1.165, 1.54) is 0 Å². The SMILES string of the molecule is C#CCN(CC1CC1)C(=O)C1=NNC(=O)CC1. The summed E-state index contributed by atoms with van der Waals surface area (Å²) in [5, 5.41) is 3.80. The van der Waals surface area contributed by atoms with Gasteiger partial charge in [-0.05, 0) is 18.8 Å². The molecule has 0 spiro atoms. The highest BCUT2D eigenvalue weighted by atomic mass is 16.2. The number of amides is 2. The number of nitrogens with one attached hydrogen (secondary N) is 1. The zero-order valence-corrected chi connectivity index (χ0v) is 9.61. The maximum absolute atomic E-state index is 12.1. The lowest BCUT2D eigenvalue weighted by Crippen LogP contribution is -2.41. The number of rotatable bonds is 4. The minimum absolute atomic E-state index is 0.144. The third-order valence-corrected chi connectivity index (χ3v) is 2.90. The second-order valence-electron chi connectivity index (χ2n) is 4.43. The molecular weight excluding hydrogens is 218 g/mol. The number of hydrazone groups is 1. The minimum atomic E-state index is -0.146. The molecule has 0 unspecified atom stereocenters. The molecule has 0 atom stereocenters. The average molecular weight is 233 g/mol. The fourth-order valence-electron chi connectivity index (χ4n) is 1.75. The maximum Gasteiger partial charge on any atom is 0.270 e. The molecule has 2 rings (SSSR count). The van der Waals surface area contributed by atoms with Gasteiger partial charge >= 0.3 is 0 Å². The van der Waals surface area contributed by atoms with Crippen LogP contribution in [0.15, 0.2) is 5.10 Å². The first-order chi connectivity index (χ1) is 8.20. The van der Waals surface area contributed by atoms with Crippen molar-refractivity contribution in [2.24, 2.45) is 11.0 Å². The van der Waals surface area contributed by atoms with Gasteiger partial charge in [-0.2, -0.15) is 5.10 Å². The van der Waals surface area contributed by atoms with Gasteiger partial charge in [0, 0.05) is 19.4 Å². The first-order valence-corrected chi connectivity index (χ1v) is 5.79. The topological polar surface area (TPSA) is 61.8 Å². The van der Waals surface area contributed by atoms with Crippen LogP contribution in [0.3, 0.4) is 0 Å². The van der Waals surface area contributed by atoms with Crippen LogP contribution in [0, 0.1) is 18.3 Å². The van der Waals surface area contributed by atoms with Crippen LogP contribution >= 0.6 is 0 Å². The van der Waals surface area contributed by atoms with E-state index in [1.807, 2.05) is 0 Å². The maximum atomic E-state index is 12.1. The van der Waals surface area contributed by atoms with Crippen molar-refractivity contribution in [2.45, 2.75) is 25.7 Å². The Morgan fingerprint density at radius 1 is 1.53 bits per heavy atom. The molecule has 0 aromatic rings. The van der Waals surface area contributed by atoms with Crippen LogP contribution in [0.4, 0.5) is 0 Å². The molecular formula is C12H15N3O2. The molecule has 0 bridgehead atoms. The summed E-state index contributed by atoms with van der Waals surface area (Å²) in [5.41, 5.74) is 2.73. The van der Waals surface area contributed by atoms with Gasteiger partial charge in [-0.25, -0.2) is 5.43 Å². The lowest BCUT2D eigenvalue weighted by molar-refractivity contribution is -0.124. The molecule has 0 aromatic carbocycles. The van der Waals surface area contributed by atoms with Crippen LogP contribution in [0.5, 0.6) is 0 Å². The number of hydrogen-bond donors (Lipinski definition) is 1. The van der Waals surface area contributed by atoms with E-state index in [9.17, 15) is 9.59 Å². The number of hydrogen-bond acceptors (Lipinski definition) is 3. The standard InChI is InChI=1S/C12H15N3O2/c1-2-7-15(8-9-3-4-9)12(17)10-5-6-11(16)14-13-10/h1,9H,3-8H2,(H,14,16). The normalized spacial score (nSPS) is 19.0. The predicted molar refractivity (Wildman–Crippen MR) is 62.9 cm³/mol. The van der Waals surface area contributed by atoms with Gasteiger partial charge in [0.2, 0.25) is 5.91 Å². The van der Waals surface area contributed by atoms with Crippen molar-refractivity contribution in [3.63, 3.8) is 0 Å². The van der Waals surface area contributed by atoms with Gasteiger partial charge in [0.05, 0.1) is 6.54 Å². The lowest BCUT2D eigenvalue weighted by Gasteiger charge is -2.22. The van der Waals surface area contributed by atoms with Gasteiger partial charge in [0.15, 0.2) is 0 Å². The predicted octanol–water partition coefficient (Wildman–Crippen LogP) is 0.124. The summed E-state index contributed by atoms with van der Waals surface area (Å²) in [6.07, 6.45) is 8.31. The Hall–Kier alpha value is -1.83. The summed E-state index contributed by atoms with van der Waals surface area (Å²) in [7, 11) is 0. The Kier molecular flexibility index (Phi) is 3.43. The van der Waals surface area contributed by atoms with Crippen molar-refractivity contribution in [3.8, 4) is 12.3 Å². The van der Waals surface area contributed by atoms with Crippen molar-refractivity contribution < 1.29 is 9.59 Å². The molecule has 1 fully saturated rings. The zero-order valence-electron chi connectivity index (χ0n) is 9.61. The van der Waals surface area contributed by atoms with Crippen LogP contribution in [0.1, 0.15) is 25.7 Å². The third-order valence-electron chi connectivity index (χ3n) is 2.90. The Morgan fingerprint density at radius 3 is 2.82 bits per heavy atom. The Morgan fingerprint density at radius 2 is 2.29 bits per heavy atom. The van der Waals surface area contributed by atoms with E-state index >= 15 is 0 Å². The smallest absolute Gasteiger partial charge is 0.270 e. The third kappa shape index (κ3) is 3.06. The van der Waals surface area contributed by atoms with Crippen LogP contribution in [0.2, 0.25) is 0 Å². The molecule has 17 heavy (non-hydrogen) atoms. The number of carbonyl (C=O) groups excluding carboxylic acids is 2. The van der Waals surface area contributed by atoms with Crippen molar-refractivity contribution in [1.82, 2.24) is 10.3 Å². The average Bonchev–Trinajstić information content (AvgIpc) is 3.13. The van der Waals surface area contributed by atoms with Gasteiger partial charge in [-0.3, -0.25) is 9.59 Å². The van der Waals surface area contributed by atoms with E-state index < -0.39 is 0 Å². The molecule has 2 amide bonds. The van der Waals surface area contributed by atoms with Gasteiger partial charge in [0.25, 0.3) is 5.91 Å². The van der Waals surface area contributed by atoms with Crippen LogP contribution in [-0.4, -0.2) is 35.5 Å². The minimum Gasteiger partial charge on any atom is -0.326 e. The number of nitrogens with zero attached hydrogens (tertiary/aromatic N) is 2. The second-order valence-corrected chi connectivity index (χ2v) is 4.43. The van der Waals surface area contributed by atoms with Crippen molar-refractivity contribution in [2.75, 3.05) is 13.1 Å². The first-order valence-electron chi connectivity index (χ1n) is 5.79. The Labute approximate surface area is 100 Å². The largest absolute Gasteiger partial charge is 0.326 e. The molecule has 1 N–H and O–H groups in total. The number of terminal acetylenes is 1. The second kappa shape index (κ2) is 5.00. The van der Waals surface area contributed by atoms with E-state index in [1.54, 1.807) is 4.90 Å². The molecule has 1 aliphatic carbocycles. The van der Waals surface area contributed by atoms with E-state index in [0.717, 1.165) is 12.8 Å². The lowest BCUT2D eigenvalue weighted by atomic mass is 10.1. The highest BCUT2D eigenvalue weighted by Crippen LogP contribution is 2.29.